The Kier molecular flexibility index (Phi) is 5.73. The second-order valence-corrected chi connectivity index (χ2v) is 6.84. The molecule has 3 rings (SSSR count). The number of amides is 1. The summed E-state index contributed by atoms with van der Waals surface area (Å²) in [7, 11) is 2.12. The molecule has 2 aromatic rings. The number of aromatic nitrogens is 1. The highest BCUT2D eigenvalue weighted by molar-refractivity contribution is 6.04. The minimum atomic E-state index is -0.167. The summed E-state index contributed by atoms with van der Waals surface area (Å²) in [5, 5.41) is 2.89. The molecule has 26 heavy (non-hydrogen) atoms. The number of carbonyl (C=O) groups is 1. The second-order valence-electron chi connectivity index (χ2n) is 6.84. The number of carbonyl (C=O) groups excluding carboxylic acids is 1. The number of rotatable bonds is 5. The minimum Gasteiger partial charge on any atom is -0.491 e. The van der Waals surface area contributed by atoms with Crippen LogP contribution in [0.3, 0.4) is 0 Å². The molecule has 6 heteroatoms. The molecule has 0 bridgehead atoms. The molecule has 1 fully saturated rings. The lowest BCUT2D eigenvalue weighted by atomic mass is 10.2. The summed E-state index contributed by atoms with van der Waals surface area (Å²) in [6.45, 7) is 7.93. The average Bonchev–Trinajstić information content (AvgIpc) is 2.64. The van der Waals surface area contributed by atoms with Crippen LogP contribution < -0.4 is 15.0 Å². The van der Waals surface area contributed by atoms with Gasteiger partial charge < -0.3 is 19.9 Å². The molecule has 1 saturated heterocycles. The summed E-state index contributed by atoms with van der Waals surface area (Å²) in [6.07, 6.45) is 1.76. The fraction of sp³-hybridized carbons (Fsp3) is 0.400. The van der Waals surface area contributed by atoms with E-state index in [4.69, 9.17) is 4.74 Å². The number of hydrogen-bond acceptors (Lipinski definition) is 5. The van der Waals surface area contributed by atoms with Crippen molar-refractivity contribution >= 4 is 17.4 Å². The van der Waals surface area contributed by atoms with Crippen LogP contribution in [-0.4, -0.2) is 55.1 Å². The lowest BCUT2D eigenvalue weighted by Crippen LogP contribution is -2.44. The molecule has 0 aliphatic carbocycles. The van der Waals surface area contributed by atoms with E-state index < -0.39 is 0 Å². The van der Waals surface area contributed by atoms with Crippen molar-refractivity contribution < 1.29 is 9.53 Å². The maximum Gasteiger partial charge on any atom is 0.257 e. The van der Waals surface area contributed by atoms with Crippen LogP contribution in [0.15, 0.2) is 42.6 Å². The van der Waals surface area contributed by atoms with Gasteiger partial charge in [0.1, 0.15) is 11.6 Å². The first kappa shape index (κ1) is 18.2. The van der Waals surface area contributed by atoms with Gasteiger partial charge in [-0.1, -0.05) is 0 Å². The molecule has 0 spiro atoms. The molecular weight excluding hydrogens is 328 g/mol. The van der Waals surface area contributed by atoms with Crippen LogP contribution in [0.4, 0.5) is 11.5 Å². The van der Waals surface area contributed by atoms with Crippen molar-refractivity contribution in [1.82, 2.24) is 9.88 Å². The van der Waals surface area contributed by atoms with E-state index in [0.29, 0.717) is 5.56 Å². The number of benzene rings is 1. The van der Waals surface area contributed by atoms with Crippen molar-refractivity contribution in [2.24, 2.45) is 0 Å². The van der Waals surface area contributed by atoms with Crippen molar-refractivity contribution in [3.63, 3.8) is 0 Å². The molecule has 2 heterocycles. The third-order valence-corrected chi connectivity index (χ3v) is 4.32. The van der Waals surface area contributed by atoms with E-state index in [1.807, 2.05) is 50.2 Å². The number of ether oxygens (including phenoxy) is 1. The Balaban J connectivity index is 1.59. The number of pyridine rings is 1. The van der Waals surface area contributed by atoms with Crippen LogP contribution >= 0.6 is 0 Å². The first-order chi connectivity index (χ1) is 12.5. The van der Waals surface area contributed by atoms with Crippen LogP contribution in [0.1, 0.15) is 24.2 Å². The van der Waals surface area contributed by atoms with E-state index in [9.17, 15) is 4.79 Å². The molecule has 1 aliphatic rings. The fourth-order valence-corrected chi connectivity index (χ4v) is 2.84. The van der Waals surface area contributed by atoms with Crippen LogP contribution in [0.25, 0.3) is 0 Å². The van der Waals surface area contributed by atoms with Gasteiger partial charge in [-0.05, 0) is 57.3 Å². The van der Waals surface area contributed by atoms with E-state index >= 15 is 0 Å². The lowest BCUT2D eigenvalue weighted by Gasteiger charge is -2.33. The predicted octanol–water partition coefficient (Wildman–Crippen LogP) is 2.87. The maximum absolute atomic E-state index is 12.4. The predicted molar refractivity (Wildman–Crippen MR) is 104 cm³/mol. The molecule has 1 aromatic heterocycles. The SMILES string of the molecule is CC(C)Oc1ccc(NC(=O)c2ccc(N3CCN(C)CC3)nc2)cc1. The zero-order valence-corrected chi connectivity index (χ0v) is 15.6. The summed E-state index contributed by atoms with van der Waals surface area (Å²) >= 11 is 0. The number of piperazine rings is 1. The molecule has 0 saturated carbocycles. The number of likely N-dealkylation sites (N-methyl/N-ethyl adjacent to an activating group) is 1. The molecular formula is C20H26N4O2. The Bertz CT molecular complexity index is 720. The average molecular weight is 354 g/mol. The maximum atomic E-state index is 12.4. The Morgan fingerprint density at radius 2 is 1.77 bits per heavy atom. The van der Waals surface area contributed by atoms with Gasteiger partial charge in [0.05, 0.1) is 11.7 Å². The standard InChI is InChI=1S/C20H26N4O2/c1-15(2)26-18-7-5-17(6-8-18)22-20(25)16-4-9-19(21-14-16)24-12-10-23(3)11-13-24/h4-9,14-15H,10-13H2,1-3H3,(H,22,25). The highest BCUT2D eigenvalue weighted by atomic mass is 16.5. The van der Waals surface area contributed by atoms with E-state index in [-0.39, 0.29) is 12.0 Å². The van der Waals surface area contributed by atoms with Gasteiger partial charge in [-0.2, -0.15) is 0 Å². The van der Waals surface area contributed by atoms with Gasteiger partial charge >= 0.3 is 0 Å². The van der Waals surface area contributed by atoms with Gasteiger partial charge in [-0.25, -0.2) is 4.98 Å². The summed E-state index contributed by atoms with van der Waals surface area (Å²) < 4.78 is 5.61. The summed E-state index contributed by atoms with van der Waals surface area (Å²) in [4.78, 5) is 21.4. The first-order valence-corrected chi connectivity index (χ1v) is 8.99. The molecule has 1 aliphatic heterocycles. The van der Waals surface area contributed by atoms with Crippen LogP contribution in [-0.2, 0) is 0 Å². The highest BCUT2D eigenvalue weighted by Gasteiger charge is 2.16. The van der Waals surface area contributed by atoms with Gasteiger partial charge in [0, 0.05) is 38.1 Å². The van der Waals surface area contributed by atoms with Crippen LogP contribution in [0, 0.1) is 0 Å². The molecule has 1 N–H and O–H groups in total. The van der Waals surface area contributed by atoms with Crippen molar-refractivity contribution in [2.45, 2.75) is 20.0 Å². The second kappa shape index (κ2) is 8.19. The number of nitrogens with one attached hydrogen (secondary N) is 1. The zero-order chi connectivity index (χ0) is 18.5. The highest BCUT2D eigenvalue weighted by Crippen LogP contribution is 2.18. The Labute approximate surface area is 154 Å². The molecule has 138 valence electrons. The van der Waals surface area contributed by atoms with Crippen LogP contribution in [0.2, 0.25) is 0 Å². The largest absolute Gasteiger partial charge is 0.491 e. The Hall–Kier alpha value is -2.60. The first-order valence-electron chi connectivity index (χ1n) is 8.99. The van der Waals surface area contributed by atoms with Gasteiger partial charge in [0.2, 0.25) is 0 Å². The van der Waals surface area contributed by atoms with Gasteiger partial charge in [-0.15, -0.1) is 0 Å². The monoisotopic (exact) mass is 354 g/mol. The number of hydrogen-bond donors (Lipinski definition) is 1. The Morgan fingerprint density at radius 3 is 2.35 bits per heavy atom. The van der Waals surface area contributed by atoms with E-state index in [0.717, 1.165) is 43.4 Å². The van der Waals surface area contributed by atoms with Crippen molar-refractivity contribution in [3.05, 3.63) is 48.2 Å². The minimum absolute atomic E-state index is 0.125. The van der Waals surface area contributed by atoms with Crippen LogP contribution in [0.5, 0.6) is 5.75 Å². The van der Waals surface area contributed by atoms with Crippen molar-refractivity contribution in [2.75, 3.05) is 43.4 Å². The number of anilines is 2. The Morgan fingerprint density at radius 1 is 1.08 bits per heavy atom. The van der Waals surface area contributed by atoms with Gasteiger partial charge in [0.25, 0.3) is 5.91 Å². The summed E-state index contributed by atoms with van der Waals surface area (Å²) in [5.74, 6) is 1.54. The topological polar surface area (TPSA) is 57.7 Å². The molecule has 6 nitrogen and oxygen atoms in total. The zero-order valence-electron chi connectivity index (χ0n) is 15.6. The van der Waals surface area contributed by atoms with E-state index in [1.54, 1.807) is 6.20 Å². The fourth-order valence-electron chi connectivity index (χ4n) is 2.84. The van der Waals surface area contributed by atoms with Gasteiger partial charge in [-0.3, -0.25) is 4.79 Å². The number of nitrogens with zero attached hydrogens (tertiary/aromatic N) is 3. The quantitative estimate of drug-likeness (QED) is 0.895. The molecule has 0 radical (unpaired) electrons. The molecule has 0 atom stereocenters. The third-order valence-electron chi connectivity index (χ3n) is 4.32. The molecule has 0 unspecified atom stereocenters. The van der Waals surface area contributed by atoms with E-state index in [1.165, 1.54) is 0 Å². The van der Waals surface area contributed by atoms with Crippen molar-refractivity contribution in [1.29, 1.82) is 0 Å². The summed E-state index contributed by atoms with van der Waals surface area (Å²) in [6, 6.07) is 11.1. The lowest BCUT2D eigenvalue weighted by molar-refractivity contribution is 0.102. The molecule has 1 amide bonds. The third kappa shape index (κ3) is 4.73. The van der Waals surface area contributed by atoms with E-state index in [2.05, 4.69) is 27.1 Å². The smallest absolute Gasteiger partial charge is 0.257 e. The normalized spacial score (nSPS) is 15.2. The van der Waals surface area contributed by atoms with Gasteiger partial charge in [0.15, 0.2) is 0 Å². The summed E-state index contributed by atoms with van der Waals surface area (Å²) in [5.41, 5.74) is 1.28. The van der Waals surface area contributed by atoms with Crippen molar-refractivity contribution in [3.8, 4) is 5.75 Å². The molecule has 1 aromatic carbocycles.